The normalized spacial score (nSPS) is 13.0. The van der Waals surface area contributed by atoms with Gasteiger partial charge in [0, 0.05) is 6.04 Å². The molecule has 0 aliphatic carbocycles. The quantitative estimate of drug-likeness (QED) is 0.731. The van der Waals surface area contributed by atoms with Gasteiger partial charge in [-0.2, -0.15) is 0 Å². The number of rotatable bonds is 7. The molecule has 1 N–H and O–H groups in total. The van der Waals surface area contributed by atoms with Crippen molar-refractivity contribution in [3.05, 3.63) is 34.9 Å². The second-order valence-corrected chi connectivity index (χ2v) is 5.39. The summed E-state index contributed by atoms with van der Waals surface area (Å²) in [5.41, 5.74) is 4.27. The van der Waals surface area contributed by atoms with Gasteiger partial charge < -0.3 is 5.32 Å². The predicted octanol–water partition coefficient (Wildman–Crippen LogP) is 4.78. The molecule has 18 heavy (non-hydrogen) atoms. The summed E-state index contributed by atoms with van der Waals surface area (Å²) < 4.78 is 0. The zero-order valence-electron chi connectivity index (χ0n) is 12.7. The molecule has 1 atom stereocenters. The van der Waals surface area contributed by atoms with Crippen LogP contribution in [-0.4, -0.2) is 6.54 Å². The molecule has 0 heterocycles. The van der Waals surface area contributed by atoms with Crippen LogP contribution in [0.25, 0.3) is 0 Å². The van der Waals surface area contributed by atoms with Crippen molar-refractivity contribution in [1.82, 2.24) is 5.32 Å². The molecule has 0 bridgehead atoms. The lowest BCUT2D eigenvalue weighted by molar-refractivity contribution is 0.374. The molecule has 0 radical (unpaired) electrons. The third kappa shape index (κ3) is 4.13. The van der Waals surface area contributed by atoms with E-state index in [-0.39, 0.29) is 0 Å². The van der Waals surface area contributed by atoms with Crippen LogP contribution in [0.5, 0.6) is 0 Å². The number of hydrogen-bond acceptors (Lipinski definition) is 1. The Labute approximate surface area is 113 Å². The third-order valence-electron chi connectivity index (χ3n) is 3.98. The van der Waals surface area contributed by atoms with E-state index >= 15 is 0 Å². The molecule has 0 amide bonds. The molecule has 0 aliphatic heterocycles. The van der Waals surface area contributed by atoms with Gasteiger partial charge in [-0.05, 0) is 43.9 Å². The molecule has 1 rings (SSSR count). The van der Waals surface area contributed by atoms with Crippen LogP contribution in [-0.2, 0) is 0 Å². The zero-order chi connectivity index (χ0) is 13.5. The average molecular weight is 247 g/mol. The number of aryl methyl sites for hydroxylation is 2. The molecule has 102 valence electrons. The van der Waals surface area contributed by atoms with E-state index in [9.17, 15) is 0 Å². The van der Waals surface area contributed by atoms with Gasteiger partial charge in [-0.1, -0.05) is 57.4 Å². The first kappa shape index (κ1) is 15.2. The first-order valence-electron chi connectivity index (χ1n) is 7.42. The summed E-state index contributed by atoms with van der Waals surface area (Å²) in [5, 5.41) is 3.67. The molecule has 0 spiro atoms. The van der Waals surface area contributed by atoms with E-state index in [4.69, 9.17) is 0 Å². The second kappa shape index (κ2) is 7.58. The molecule has 0 aromatic heterocycles. The minimum absolute atomic E-state index is 0.514. The number of nitrogens with one attached hydrogen (secondary N) is 1. The average Bonchev–Trinajstić information content (AvgIpc) is 2.37. The van der Waals surface area contributed by atoms with E-state index in [1.165, 1.54) is 36.0 Å². The fourth-order valence-electron chi connectivity index (χ4n) is 2.66. The highest BCUT2D eigenvalue weighted by Crippen LogP contribution is 2.28. The largest absolute Gasteiger partial charge is 0.310 e. The summed E-state index contributed by atoms with van der Waals surface area (Å²) in [6.07, 6.45) is 3.82. The van der Waals surface area contributed by atoms with Gasteiger partial charge in [-0.25, -0.2) is 0 Å². The second-order valence-electron chi connectivity index (χ2n) is 5.39. The molecular formula is C17H29N. The molecule has 1 aromatic rings. The maximum atomic E-state index is 3.67. The fraction of sp³-hybridized carbons (Fsp3) is 0.647. The smallest absolute Gasteiger partial charge is 0.0325 e. The van der Waals surface area contributed by atoms with Crippen molar-refractivity contribution in [1.29, 1.82) is 0 Å². The molecule has 1 unspecified atom stereocenters. The molecular weight excluding hydrogens is 218 g/mol. The Balaban J connectivity index is 2.92. The van der Waals surface area contributed by atoms with Gasteiger partial charge in [-0.3, -0.25) is 0 Å². The standard InChI is InChI=1S/C17H29N/c1-6-15(7-2)12-17(18-8-3)16-11-13(4)9-10-14(16)5/h9-11,15,17-18H,6-8,12H2,1-5H3. The highest BCUT2D eigenvalue weighted by atomic mass is 14.9. The summed E-state index contributed by atoms with van der Waals surface area (Å²) in [4.78, 5) is 0. The first-order chi connectivity index (χ1) is 8.62. The van der Waals surface area contributed by atoms with Crippen LogP contribution < -0.4 is 5.32 Å². The molecule has 1 nitrogen and oxygen atoms in total. The molecule has 0 saturated heterocycles. The van der Waals surface area contributed by atoms with Gasteiger partial charge in [-0.15, -0.1) is 0 Å². The lowest BCUT2D eigenvalue weighted by Gasteiger charge is -2.25. The van der Waals surface area contributed by atoms with Gasteiger partial charge in [0.05, 0.1) is 0 Å². The van der Waals surface area contributed by atoms with E-state index in [2.05, 4.69) is 58.1 Å². The number of benzene rings is 1. The van der Waals surface area contributed by atoms with Gasteiger partial charge in [0.1, 0.15) is 0 Å². The van der Waals surface area contributed by atoms with Gasteiger partial charge in [0.25, 0.3) is 0 Å². The van der Waals surface area contributed by atoms with Crippen LogP contribution in [0.1, 0.15) is 62.8 Å². The van der Waals surface area contributed by atoms with Crippen LogP contribution in [0.15, 0.2) is 18.2 Å². The van der Waals surface area contributed by atoms with Crippen molar-refractivity contribution < 1.29 is 0 Å². The Hall–Kier alpha value is -0.820. The van der Waals surface area contributed by atoms with E-state index in [0.717, 1.165) is 12.5 Å². The molecule has 0 aliphatic rings. The molecule has 1 heteroatoms. The van der Waals surface area contributed by atoms with Gasteiger partial charge in [0.15, 0.2) is 0 Å². The lowest BCUT2D eigenvalue weighted by Crippen LogP contribution is -2.24. The maximum absolute atomic E-state index is 3.67. The van der Waals surface area contributed by atoms with E-state index in [1.54, 1.807) is 0 Å². The predicted molar refractivity (Wildman–Crippen MR) is 81.0 cm³/mol. The lowest BCUT2D eigenvalue weighted by atomic mass is 9.88. The summed E-state index contributed by atoms with van der Waals surface area (Å²) in [6, 6.07) is 7.33. The Morgan fingerprint density at radius 3 is 2.28 bits per heavy atom. The zero-order valence-corrected chi connectivity index (χ0v) is 12.7. The number of hydrogen-bond donors (Lipinski definition) is 1. The van der Waals surface area contributed by atoms with Crippen molar-refractivity contribution in [2.45, 2.75) is 59.9 Å². The first-order valence-corrected chi connectivity index (χ1v) is 7.42. The topological polar surface area (TPSA) is 12.0 Å². The summed E-state index contributed by atoms with van der Waals surface area (Å²) >= 11 is 0. The summed E-state index contributed by atoms with van der Waals surface area (Å²) in [7, 11) is 0. The van der Waals surface area contributed by atoms with Crippen LogP contribution in [0.4, 0.5) is 0 Å². The SMILES string of the molecule is CCNC(CC(CC)CC)c1cc(C)ccc1C. The maximum Gasteiger partial charge on any atom is 0.0325 e. The van der Waals surface area contributed by atoms with Crippen molar-refractivity contribution in [2.24, 2.45) is 5.92 Å². The van der Waals surface area contributed by atoms with Crippen molar-refractivity contribution in [3.8, 4) is 0 Å². The van der Waals surface area contributed by atoms with Crippen molar-refractivity contribution >= 4 is 0 Å². The van der Waals surface area contributed by atoms with E-state index in [1.807, 2.05) is 0 Å². The van der Waals surface area contributed by atoms with Crippen LogP contribution >= 0.6 is 0 Å². The summed E-state index contributed by atoms with van der Waals surface area (Å²) in [5.74, 6) is 0.828. The van der Waals surface area contributed by atoms with Crippen molar-refractivity contribution in [3.63, 3.8) is 0 Å². The van der Waals surface area contributed by atoms with Crippen LogP contribution in [0.3, 0.4) is 0 Å². The van der Waals surface area contributed by atoms with Gasteiger partial charge in [0.2, 0.25) is 0 Å². The van der Waals surface area contributed by atoms with E-state index < -0.39 is 0 Å². The molecule has 1 aromatic carbocycles. The van der Waals surface area contributed by atoms with Crippen molar-refractivity contribution in [2.75, 3.05) is 6.54 Å². The highest BCUT2D eigenvalue weighted by Gasteiger charge is 2.17. The summed E-state index contributed by atoms with van der Waals surface area (Å²) in [6.45, 7) is 12.3. The third-order valence-corrected chi connectivity index (χ3v) is 3.98. The van der Waals surface area contributed by atoms with Crippen LogP contribution in [0.2, 0.25) is 0 Å². The fourth-order valence-corrected chi connectivity index (χ4v) is 2.66. The minimum Gasteiger partial charge on any atom is -0.310 e. The van der Waals surface area contributed by atoms with Crippen LogP contribution in [0, 0.1) is 19.8 Å². The van der Waals surface area contributed by atoms with E-state index in [0.29, 0.717) is 6.04 Å². The molecule has 0 fully saturated rings. The highest BCUT2D eigenvalue weighted by molar-refractivity contribution is 5.33. The Morgan fingerprint density at radius 2 is 1.72 bits per heavy atom. The Morgan fingerprint density at radius 1 is 1.06 bits per heavy atom. The van der Waals surface area contributed by atoms with Gasteiger partial charge >= 0.3 is 0 Å². The Bertz CT molecular complexity index is 353. The Kier molecular flexibility index (Phi) is 6.42. The minimum atomic E-state index is 0.514. The molecule has 0 saturated carbocycles. The monoisotopic (exact) mass is 247 g/mol.